The smallest absolute Gasteiger partial charge is 0.223 e. The molecule has 0 bridgehead atoms. The van der Waals surface area contributed by atoms with Gasteiger partial charge in [-0.2, -0.15) is 0 Å². The average Bonchev–Trinajstić information content (AvgIpc) is 3.29. The number of fused-ring (bicyclic) bond motifs is 1. The van der Waals surface area contributed by atoms with Gasteiger partial charge in [0.2, 0.25) is 5.91 Å². The lowest BCUT2D eigenvalue weighted by Gasteiger charge is -2.36. The number of carbonyl (C=O) groups excluding carboxylic acids is 1. The number of nitrogens with one attached hydrogen (secondary N) is 3. The van der Waals surface area contributed by atoms with Gasteiger partial charge in [0.15, 0.2) is 0 Å². The summed E-state index contributed by atoms with van der Waals surface area (Å²) >= 11 is 0. The molecule has 3 atom stereocenters. The number of β-amino-alcohol motifs (C(OH)–C–C–N with tert-alkyl or cyclic N) is 1. The van der Waals surface area contributed by atoms with Crippen LogP contribution in [0.2, 0.25) is 0 Å². The van der Waals surface area contributed by atoms with Gasteiger partial charge in [-0.05, 0) is 75.3 Å². The Labute approximate surface area is 219 Å². The fourth-order valence-electron chi connectivity index (χ4n) is 5.66. The molecule has 5 rings (SSSR count). The molecule has 1 amide bonds. The molecule has 1 saturated heterocycles. The third-order valence-corrected chi connectivity index (χ3v) is 8.25. The molecule has 1 saturated carbocycles. The molecular formula is C28H41N5O4. The molecule has 0 radical (unpaired) electrons. The van der Waals surface area contributed by atoms with Crippen molar-refractivity contribution < 1.29 is 19.2 Å². The highest BCUT2D eigenvalue weighted by molar-refractivity contribution is 5.78. The van der Waals surface area contributed by atoms with E-state index in [2.05, 4.69) is 39.0 Å². The van der Waals surface area contributed by atoms with Crippen molar-refractivity contribution in [2.24, 2.45) is 5.92 Å². The molecule has 37 heavy (non-hydrogen) atoms. The predicted octanol–water partition coefficient (Wildman–Crippen LogP) is 2.17. The largest absolute Gasteiger partial charge is 0.488 e. The predicted molar refractivity (Wildman–Crippen MR) is 140 cm³/mol. The van der Waals surface area contributed by atoms with Crippen LogP contribution in [-0.4, -0.2) is 65.6 Å². The molecule has 2 fully saturated rings. The van der Waals surface area contributed by atoms with Crippen molar-refractivity contribution in [3.05, 3.63) is 46.3 Å². The standard InChI is InChI=1S/C28H41N5O4/c1-18-25-9-11-33(14-21(25)6-7-26(18)36-16-22-17-37-32-19(22)2)15-24(34)13-30-28(35)20-8-10-29-27(12-20)31-23-4-3-5-23/h6-7,17,20,23-24,27,29,31,34H,3-5,8-16H2,1-2H3,(H,30,35)/t20?,24-,27?/m0/s1. The third kappa shape index (κ3) is 6.52. The van der Waals surface area contributed by atoms with Crippen molar-refractivity contribution >= 4 is 5.91 Å². The Morgan fingerprint density at radius 2 is 2.19 bits per heavy atom. The second kappa shape index (κ2) is 11.9. The number of aliphatic hydroxyl groups excluding tert-OH is 1. The van der Waals surface area contributed by atoms with Gasteiger partial charge in [-0.3, -0.25) is 15.0 Å². The highest BCUT2D eigenvalue weighted by atomic mass is 16.5. The zero-order chi connectivity index (χ0) is 25.8. The zero-order valence-corrected chi connectivity index (χ0v) is 22.1. The van der Waals surface area contributed by atoms with E-state index in [4.69, 9.17) is 9.26 Å². The van der Waals surface area contributed by atoms with E-state index in [1.165, 1.54) is 36.0 Å². The zero-order valence-electron chi connectivity index (χ0n) is 22.1. The number of amides is 1. The number of aryl methyl sites for hydroxylation is 1. The van der Waals surface area contributed by atoms with Crippen LogP contribution in [0.15, 0.2) is 22.9 Å². The summed E-state index contributed by atoms with van der Waals surface area (Å²) < 4.78 is 11.1. The summed E-state index contributed by atoms with van der Waals surface area (Å²) in [5, 5.41) is 24.7. The van der Waals surface area contributed by atoms with E-state index < -0.39 is 6.10 Å². The van der Waals surface area contributed by atoms with Crippen LogP contribution in [0.25, 0.3) is 0 Å². The van der Waals surface area contributed by atoms with Crippen LogP contribution in [-0.2, 0) is 24.4 Å². The van der Waals surface area contributed by atoms with Crippen LogP contribution in [0.3, 0.4) is 0 Å². The molecule has 2 aromatic rings. The van der Waals surface area contributed by atoms with Crippen LogP contribution in [0.4, 0.5) is 0 Å². The lowest BCUT2D eigenvalue weighted by atomic mass is 9.90. The van der Waals surface area contributed by atoms with Gasteiger partial charge in [-0.1, -0.05) is 17.6 Å². The maximum atomic E-state index is 12.8. The summed E-state index contributed by atoms with van der Waals surface area (Å²) in [6.45, 7) is 7.81. The molecule has 2 aliphatic heterocycles. The van der Waals surface area contributed by atoms with Crippen molar-refractivity contribution in [2.45, 2.75) is 83.8 Å². The van der Waals surface area contributed by atoms with E-state index in [1.54, 1.807) is 6.26 Å². The van der Waals surface area contributed by atoms with Crippen molar-refractivity contribution in [3.8, 4) is 5.75 Å². The Morgan fingerprint density at radius 1 is 1.32 bits per heavy atom. The van der Waals surface area contributed by atoms with E-state index in [0.29, 0.717) is 25.7 Å². The van der Waals surface area contributed by atoms with Gasteiger partial charge < -0.3 is 25.0 Å². The minimum absolute atomic E-state index is 0.000894. The highest BCUT2D eigenvalue weighted by Crippen LogP contribution is 2.30. The normalized spacial score (nSPS) is 23.2. The second-order valence-electron chi connectivity index (χ2n) is 10.9. The third-order valence-electron chi connectivity index (χ3n) is 8.25. The van der Waals surface area contributed by atoms with E-state index in [9.17, 15) is 9.90 Å². The van der Waals surface area contributed by atoms with E-state index >= 15 is 0 Å². The Balaban J connectivity index is 1.06. The molecule has 1 aromatic heterocycles. The first-order valence-electron chi connectivity index (χ1n) is 13.8. The minimum atomic E-state index is -0.591. The first kappa shape index (κ1) is 26.2. The van der Waals surface area contributed by atoms with Crippen molar-refractivity contribution in [1.29, 1.82) is 0 Å². The Kier molecular flexibility index (Phi) is 8.44. The first-order valence-corrected chi connectivity index (χ1v) is 13.8. The van der Waals surface area contributed by atoms with Crippen molar-refractivity contribution in [2.75, 3.05) is 26.2 Å². The molecule has 4 N–H and O–H groups in total. The Bertz CT molecular complexity index is 1070. The van der Waals surface area contributed by atoms with Gasteiger partial charge in [0.25, 0.3) is 0 Å². The van der Waals surface area contributed by atoms with Gasteiger partial charge in [-0.25, -0.2) is 0 Å². The SMILES string of the molecule is Cc1nocc1COc1ccc2c(c1C)CCN(C[C@@H](O)CNC(=O)C1CCNC(NC3CCC3)C1)C2. The molecular weight excluding hydrogens is 470 g/mol. The summed E-state index contributed by atoms with van der Waals surface area (Å²) in [4.78, 5) is 15.0. The van der Waals surface area contributed by atoms with Crippen LogP contribution < -0.4 is 20.7 Å². The quantitative estimate of drug-likeness (QED) is 0.384. The molecule has 9 nitrogen and oxygen atoms in total. The van der Waals surface area contributed by atoms with Crippen LogP contribution in [0.1, 0.15) is 60.1 Å². The molecule has 0 spiro atoms. The van der Waals surface area contributed by atoms with Gasteiger partial charge >= 0.3 is 0 Å². The van der Waals surface area contributed by atoms with Crippen molar-refractivity contribution in [1.82, 2.24) is 26.0 Å². The van der Waals surface area contributed by atoms with E-state index in [0.717, 1.165) is 55.9 Å². The first-order chi connectivity index (χ1) is 18.0. The van der Waals surface area contributed by atoms with Crippen LogP contribution in [0, 0.1) is 19.8 Å². The Hall–Kier alpha value is -2.46. The summed E-state index contributed by atoms with van der Waals surface area (Å²) in [5.74, 6) is 0.953. The van der Waals surface area contributed by atoms with Crippen molar-refractivity contribution in [3.63, 3.8) is 0 Å². The fraction of sp³-hybridized carbons (Fsp3) is 0.643. The number of aromatic nitrogens is 1. The highest BCUT2D eigenvalue weighted by Gasteiger charge is 2.30. The number of nitrogens with zero attached hydrogens (tertiary/aromatic N) is 2. The number of benzene rings is 1. The minimum Gasteiger partial charge on any atom is -0.488 e. The summed E-state index contributed by atoms with van der Waals surface area (Å²) in [5.41, 5.74) is 5.57. The van der Waals surface area contributed by atoms with Gasteiger partial charge in [0.05, 0.1) is 23.5 Å². The van der Waals surface area contributed by atoms with Crippen LogP contribution in [0.5, 0.6) is 5.75 Å². The van der Waals surface area contributed by atoms with Crippen LogP contribution >= 0.6 is 0 Å². The molecule has 3 aliphatic rings. The maximum absolute atomic E-state index is 12.8. The lowest BCUT2D eigenvalue weighted by molar-refractivity contribution is -0.126. The average molecular weight is 512 g/mol. The molecule has 1 aromatic carbocycles. The second-order valence-corrected chi connectivity index (χ2v) is 10.9. The number of hydrogen-bond acceptors (Lipinski definition) is 8. The number of piperidine rings is 1. The van der Waals surface area contributed by atoms with Gasteiger partial charge in [0.1, 0.15) is 18.6 Å². The number of aliphatic hydroxyl groups is 1. The summed E-state index contributed by atoms with van der Waals surface area (Å²) in [6, 6.07) is 4.76. The molecule has 9 heteroatoms. The molecule has 1 aliphatic carbocycles. The van der Waals surface area contributed by atoms with Gasteiger partial charge in [-0.15, -0.1) is 0 Å². The number of carbonyl (C=O) groups is 1. The molecule has 2 unspecified atom stereocenters. The summed E-state index contributed by atoms with van der Waals surface area (Å²) in [6.07, 6.45) is 7.60. The number of rotatable bonds is 10. The topological polar surface area (TPSA) is 112 Å². The summed E-state index contributed by atoms with van der Waals surface area (Å²) in [7, 11) is 0. The Morgan fingerprint density at radius 3 is 2.95 bits per heavy atom. The van der Waals surface area contributed by atoms with E-state index in [1.807, 2.05) is 13.0 Å². The molecule has 202 valence electrons. The van der Waals surface area contributed by atoms with Gasteiger partial charge in [0, 0.05) is 38.1 Å². The lowest BCUT2D eigenvalue weighted by Crippen LogP contribution is -2.55. The van der Waals surface area contributed by atoms with E-state index in [-0.39, 0.29) is 18.0 Å². The maximum Gasteiger partial charge on any atom is 0.223 e. The number of ether oxygens (including phenoxy) is 1. The number of hydrogen-bond donors (Lipinski definition) is 4. The molecule has 3 heterocycles. The monoisotopic (exact) mass is 511 g/mol. The fourth-order valence-corrected chi connectivity index (χ4v) is 5.66.